The van der Waals surface area contributed by atoms with E-state index in [9.17, 15) is 9.18 Å². The summed E-state index contributed by atoms with van der Waals surface area (Å²) in [7, 11) is 1.89. The third-order valence-electron chi connectivity index (χ3n) is 3.91. The van der Waals surface area contributed by atoms with Crippen LogP contribution < -0.4 is 5.32 Å². The molecule has 0 aromatic carbocycles. The van der Waals surface area contributed by atoms with Gasteiger partial charge in [-0.1, -0.05) is 19.3 Å². The number of nitrogens with zero attached hydrogens (tertiary/aromatic N) is 1. The molecule has 1 aromatic heterocycles. The lowest BCUT2D eigenvalue weighted by molar-refractivity contribution is 0.0910. The fourth-order valence-electron chi connectivity index (χ4n) is 2.75. The van der Waals surface area contributed by atoms with Gasteiger partial charge in [0.25, 0.3) is 0 Å². The molecule has 2 rings (SSSR count). The normalized spacial score (nSPS) is 18.6. The van der Waals surface area contributed by atoms with Crippen molar-refractivity contribution in [1.82, 2.24) is 10.3 Å². The Morgan fingerprint density at radius 1 is 1.44 bits per heavy atom. The summed E-state index contributed by atoms with van der Waals surface area (Å²) in [5.41, 5.74) is 0.00982. The Morgan fingerprint density at radius 3 is 2.78 bits per heavy atom. The van der Waals surface area contributed by atoms with Crippen molar-refractivity contribution in [3.63, 3.8) is 0 Å². The highest BCUT2D eigenvalue weighted by molar-refractivity contribution is 5.96. The molecular weight excluding hydrogens is 231 g/mol. The van der Waals surface area contributed by atoms with E-state index >= 15 is 0 Å². The van der Waals surface area contributed by atoms with Crippen LogP contribution >= 0.6 is 0 Å². The van der Waals surface area contributed by atoms with Gasteiger partial charge >= 0.3 is 0 Å². The zero-order chi connectivity index (χ0) is 13.0. The lowest BCUT2D eigenvalue weighted by Gasteiger charge is -2.36. The number of hydrogen-bond acceptors (Lipinski definition) is 3. The fourth-order valence-corrected chi connectivity index (χ4v) is 2.75. The summed E-state index contributed by atoms with van der Waals surface area (Å²) in [4.78, 5) is 15.9. The summed E-state index contributed by atoms with van der Waals surface area (Å²) in [6.45, 7) is 0. The lowest BCUT2D eigenvalue weighted by Crippen LogP contribution is -2.46. The second-order valence-electron chi connectivity index (χ2n) is 5.05. The molecule has 0 amide bonds. The van der Waals surface area contributed by atoms with Crippen LogP contribution in [0.2, 0.25) is 0 Å². The molecule has 0 atom stereocenters. The molecule has 4 heteroatoms. The van der Waals surface area contributed by atoms with Crippen LogP contribution in [0.15, 0.2) is 18.5 Å². The highest BCUT2D eigenvalue weighted by atomic mass is 19.1. The molecule has 0 radical (unpaired) electrons. The smallest absolute Gasteiger partial charge is 0.167 e. The minimum Gasteiger partial charge on any atom is -0.314 e. The first-order valence-corrected chi connectivity index (χ1v) is 6.48. The Kier molecular flexibility index (Phi) is 4.07. The quantitative estimate of drug-likeness (QED) is 0.835. The average molecular weight is 250 g/mol. The second-order valence-corrected chi connectivity index (χ2v) is 5.05. The predicted molar refractivity (Wildman–Crippen MR) is 68.0 cm³/mol. The Balaban J connectivity index is 2.13. The van der Waals surface area contributed by atoms with E-state index < -0.39 is 5.82 Å². The number of ketones is 1. The zero-order valence-electron chi connectivity index (χ0n) is 10.7. The van der Waals surface area contributed by atoms with Crippen molar-refractivity contribution in [3.8, 4) is 0 Å². The first-order chi connectivity index (χ1) is 8.67. The predicted octanol–water partition coefficient (Wildman–Crippen LogP) is 2.72. The van der Waals surface area contributed by atoms with Gasteiger partial charge in [0.15, 0.2) is 11.6 Å². The fraction of sp³-hybridized carbons (Fsp3) is 0.571. The van der Waals surface area contributed by atoms with E-state index in [-0.39, 0.29) is 16.9 Å². The monoisotopic (exact) mass is 250 g/mol. The Bertz CT molecular complexity index is 428. The summed E-state index contributed by atoms with van der Waals surface area (Å²) in [6, 6.07) is 1.46. The van der Waals surface area contributed by atoms with Crippen LogP contribution in [-0.4, -0.2) is 23.4 Å². The zero-order valence-corrected chi connectivity index (χ0v) is 10.7. The van der Waals surface area contributed by atoms with Crippen molar-refractivity contribution < 1.29 is 9.18 Å². The number of Topliss-reactive ketones (excluding diaryl/α,β-unsaturated/α-hetero) is 1. The molecule has 1 saturated carbocycles. The number of nitrogens with one attached hydrogen (secondary N) is 1. The minimum absolute atomic E-state index is 0.133. The number of rotatable bonds is 4. The summed E-state index contributed by atoms with van der Waals surface area (Å²) < 4.78 is 13.5. The van der Waals surface area contributed by atoms with E-state index in [1.165, 1.54) is 18.7 Å². The average Bonchev–Trinajstić information content (AvgIpc) is 2.40. The van der Waals surface area contributed by atoms with Gasteiger partial charge in [-0.3, -0.25) is 9.78 Å². The van der Waals surface area contributed by atoms with Crippen molar-refractivity contribution >= 4 is 5.78 Å². The first-order valence-electron chi connectivity index (χ1n) is 6.48. The van der Waals surface area contributed by atoms with Gasteiger partial charge in [0.05, 0.1) is 11.8 Å². The number of pyridine rings is 1. The number of halogens is 1. The molecule has 3 nitrogen and oxygen atoms in total. The van der Waals surface area contributed by atoms with Crippen LogP contribution in [-0.2, 0) is 0 Å². The largest absolute Gasteiger partial charge is 0.314 e. The lowest BCUT2D eigenvalue weighted by atomic mass is 9.77. The molecule has 1 aliphatic rings. The van der Waals surface area contributed by atoms with E-state index in [1.54, 1.807) is 0 Å². The molecule has 1 fully saturated rings. The van der Waals surface area contributed by atoms with Crippen molar-refractivity contribution in [2.75, 3.05) is 7.05 Å². The maximum Gasteiger partial charge on any atom is 0.167 e. The van der Waals surface area contributed by atoms with Crippen LogP contribution in [0, 0.1) is 5.82 Å². The Labute approximate surface area is 107 Å². The van der Waals surface area contributed by atoms with Gasteiger partial charge in [0.1, 0.15) is 0 Å². The maximum atomic E-state index is 13.5. The molecule has 0 unspecified atom stereocenters. The number of aromatic nitrogens is 1. The van der Waals surface area contributed by atoms with E-state index in [0.29, 0.717) is 6.42 Å². The van der Waals surface area contributed by atoms with Gasteiger partial charge < -0.3 is 5.32 Å². The molecule has 0 spiro atoms. The third kappa shape index (κ3) is 2.75. The second kappa shape index (κ2) is 5.57. The number of carbonyl (C=O) groups excluding carboxylic acids is 1. The first kappa shape index (κ1) is 13.1. The van der Waals surface area contributed by atoms with Gasteiger partial charge in [-0.2, -0.15) is 0 Å². The van der Waals surface area contributed by atoms with Crippen LogP contribution in [0.5, 0.6) is 0 Å². The summed E-state index contributed by atoms with van der Waals surface area (Å²) >= 11 is 0. The molecule has 0 bridgehead atoms. The number of hydrogen-bond donors (Lipinski definition) is 1. The molecule has 0 saturated heterocycles. The highest BCUT2D eigenvalue weighted by Crippen LogP contribution is 2.31. The molecule has 98 valence electrons. The van der Waals surface area contributed by atoms with Crippen molar-refractivity contribution in [2.24, 2.45) is 0 Å². The van der Waals surface area contributed by atoms with E-state index in [2.05, 4.69) is 10.3 Å². The van der Waals surface area contributed by atoms with Crippen LogP contribution in [0.25, 0.3) is 0 Å². The molecule has 1 aromatic rings. The van der Waals surface area contributed by atoms with Crippen molar-refractivity contribution in [2.45, 2.75) is 44.1 Å². The Hall–Kier alpha value is -1.29. The van der Waals surface area contributed by atoms with Crippen LogP contribution in [0.4, 0.5) is 4.39 Å². The SMILES string of the molecule is CNC1(CC(=O)c2ccncc2F)CCCCC1. The van der Waals surface area contributed by atoms with E-state index in [1.807, 2.05) is 7.05 Å². The van der Waals surface area contributed by atoms with Crippen LogP contribution in [0.3, 0.4) is 0 Å². The van der Waals surface area contributed by atoms with Gasteiger partial charge in [0.2, 0.25) is 0 Å². The van der Waals surface area contributed by atoms with Crippen molar-refractivity contribution in [3.05, 3.63) is 29.8 Å². The van der Waals surface area contributed by atoms with Gasteiger partial charge in [-0.15, -0.1) is 0 Å². The number of carbonyl (C=O) groups is 1. The van der Waals surface area contributed by atoms with Crippen molar-refractivity contribution in [1.29, 1.82) is 0 Å². The summed E-state index contributed by atoms with van der Waals surface area (Å²) in [6.07, 6.45) is 8.39. The van der Waals surface area contributed by atoms with E-state index in [4.69, 9.17) is 0 Å². The molecule has 1 N–H and O–H groups in total. The van der Waals surface area contributed by atoms with Gasteiger partial charge in [-0.25, -0.2) is 4.39 Å². The highest BCUT2D eigenvalue weighted by Gasteiger charge is 2.33. The molecule has 0 aliphatic heterocycles. The van der Waals surface area contributed by atoms with Gasteiger partial charge in [-0.05, 0) is 26.0 Å². The maximum absolute atomic E-state index is 13.5. The topological polar surface area (TPSA) is 42.0 Å². The van der Waals surface area contributed by atoms with E-state index in [0.717, 1.165) is 31.9 Å². The third-order valence-corrected chi connectivity index (χ3v) is 3.91. The molecule has 18 heavy (non-hydrogen) atoms. The van der Waals surface area contributed by atoms with Crippen LogP contribution in [0.1, 0.15) is 48.9 Å². The summed E-state index contributed by atoms with van der Waals surface area (Å²) in [5.74, 6) is -0.657. The standard InChI is InChI=1S/C14H19FN2O/c1-16-14(6-3-2-4-7-14)9-13(18)11-5-8-17-10-12(11)15/h5,8,10,16H,2-4,6-7,9H2,1H3. The molecular formula is C14H19FN2O. The molecule has 1 aliphatic carbocycles. The Morgan fingerprint density at radius 2 is 2.17 bits per heavy atom. The summed E-state index contributed by atoms with van der Waals surface area (Å²) in [5, 5.41) is 3.28. The van der Waals surface area contributed by atoms with Gasteiger partial charge in [0, 0.05) is 18.2 Å². The minimum atomic E-state index is -0.524. The molecule has 1 heterocycles.